The predicted octanol–water partition coefficient (Wildman–Crippen LogP) is 3.05. The van der Waals surface area contributed by atoms with Crippen LogP contribution in [0.4, 0.5) is 4.39 Å². The summed E-state index contributed by atoms with van der Waals surface area (Å²) in [7, 11) is 1.43. The minimum Gasteiger partial charge on any atom is -0.494 e. The van der Waals surface area contributed by atoms with Gasteiger partial charge in [0.15, 0.2) is 17.3 Å². The summed E-state index contributed by atoms with van der Waals surface area (Å²) >= 11 is 0. The smallest absolute Gasteiger partial charge is 0.167 e. The van der Waals surface area contributed by atoms with E-state index in [0.29, 0.717) is 5.76 Å². The van der Waals surface area contributed by atoms with E-state index in [1.807, 2.05) is 13.0 Å². The van der Waals surface area contributed by atoms with E-state index < -0.39 is 0 Å². The van der Waals surface area contributed by atoms with Crippen molar-refractivity contribution in [3.63, 3.8) is 0 Å². The molecule has 0 amide bonds. The normalized spacial score (nSPS) is 10.4. The van der Waals surface area contributed by atoms with E-state index in [2.05, 4.69) is 5.16 Å². The molecule has 1 aromatic carbocycles. The number of aryl methyl sites for hydroxylation is 1. The van der Waals surface area contributed by atoms with Crippen molar-refractivity contribution in [1.82, 2.24) is 5.16 Å². The summed E-state index contributed by atoms with van der Waals surface area (Å²) in [6.45, 7) is 1.99. The van der Waals surface area contributed by atoms with Crippen molar-refractivity contribution in [3.05, 3.63) is 35.8 Å². The van der Waals surface area contributed by atoms with Crippen LogP contribution in [-0.4, -0.2) is 12.3 Å². The van der Waals surface area contributed by atoms with Crippen LogP contribution in [0.25, 0.3) is 11.3 Å². The highest BCUT2D eigenvalue weighted by atomic mass is 19.1. The molecule has 0 radical (unpaired) electrons. The fraction of sp³-hybridized carbons (Fsp3) is 0.250. The Morgan fingerprint density at radius 2 is 2.19 bits per heavy atom. The maximum Gasteiger partial charge on any atom is 0.167 e. The SMILES string of the molecule is CCc1cc(-c2ccc(F)c(OC)c2)on1. The third-order valence-electron chi connectivity index (χ3n) is 2.36. The maximum atomic E-state index is 13.2. The standard InChI is InChI=1S/C12H12FNO2/c1-3-9-7-11(16-14-9)8-4-5-10(13)12(6-8)15-2/h4-7H,3H2,1-2H3. The van der Waals surface area contributed by atoms with Crippen molar-refractivity contribution < 1.29 is 13.7 Å². The van der Waals surface area contributed by atoms with Gasteiger partial charge in [-0.2, -0.15) is 0 Å². The summed E-state index contributed by atoms with van der Waals surface area (Å²) in [5, 5.41) is 3.88. The number of hydrogen-bond acceptors (Lipinski definition) is 3. The van der Waals surface area contributed by atoms with Crippen LogP contribution in [0, 0.1) is 5.82 Å². The molecule has 0 aliphatic carbocycles. The van der Waals surface area contributed by atoms with Gasteiger partial charge in [0.1, 0.15) is 0 Å². The molecule has 1 heterocycles. The van der Waals surface area contributed by atoms with E-state index in [1.165, 1.54) is 13.2 Å². The summed E-state index contributed by atoms with van der Waals surface area (Å²) < 4.78 is 23.2. The number of nitrogens with zero attached hydrogens (tertiary/aromatic N) is 1. The van der Waals surface area contributed by atoms with Gasteiger partial charge in [0, 0.05) is 11.6 Å². The van der Waals surface area contributed by atoms with Crippen LogP contribution in [0.1, 0.15) is 12.6 Å². The molecule has 84 valence electrons. The highest BCUT2D eigenvalue weighted by Crippen LogP contribution is 2.26. The molecule has 3 nitrogen and oxygen atoms in total. The predicted molar refractivity (Wildman–Crippen MR) is 57.8 cm³/mol. The number of aromatic nitrogens is 1. The first-order valence-corrected chi connectivity index (χ1v) is 5.04. The second-order valence-corrected chi connectivity index (χ2v) is 3.39. The first-order valence-electron chi connectivity index (χ1n) is 5.04. The van der Waals surface area contributed by atoms with Gasteiger partial charge in [-0.05, 0) is 24.6 Å². The monoisotopic (exact) mass is 221 g/mol. The molecule has 0 spiro atoms. The molecule has 0 aliphatic heterocycles. The van der Waals surface area contributed by atoms with Gasteiger partial charge in [0.25, 0.3) is 0 Å². The van der Waals surface area contributed by atoms with Gasteiger partial charge in [-0.25, -0.2) is 4.39 Å². The third kappa shape index (κ3) is 1.91. The van der Waals surface area contributed by atoms with Crippen LogP contribution < -0.4 is 4.74 Å². The molecule has 0 unspecified atom stereocenters. The minimum absolute atomic E-state index is 0.201. The van der Waals surface area contributed by atoms with E-state index in [-0.39, 0.29) is 11.6 Å². The maximum absolute atomic E-state index is 13.2. The average molecular weight is 221 g/mol. The number of hydrogen-bond donors (Lipinski definition) is 0. The second-order valence-electron chi connectivity index (χ2n) is 3.39. The van der Waals surface area contributed by atoms with E-state index in [1.54, 1.807) is 12.1 Å². The van der Waals surface area contributed by atoms with Gasteiger partial charge < -0.3 is 9.26 Å². The van der Waals surface area contributed by atoms with E-state index >= 15 is 0 Å². The molecule has 1 aromatic heterocycles. The molecule has 4 heteroatoms. The fourth-order valence-electron chi connectivity index (χ4n) is 1.43. The Kier molecular flexibility index (Phi) is 2.90. The molecular weight excluding hydrogens is 209 g/mol. The van der Waals surface area contributed by atoms with Crippen LogP contribution in [0.2, 0.25) is 0 Å². The molecule has 2 aromatic rings. The third-order valence-corrected chi connectivity index (χ3v) is 2.36. The Hall–Kier alpha value is -1.84. The molecule has 0 bridgehead atoms. The fourth-order valence-corrected chi connectivity index (χ4v) is 1.43. The Balaban J connectivity index is 2.40. The van der Waals surface area contributed by atoms with Crippen molar-refractivity contribution in [1.29, 1.82) is 0 Å². The molecule has 0 aliphatic rings. The molecule has 0 N–H and O–H groups in total. The van der Waals surface area contributed by atoms with Crippen LogP contribution >= 0.6 is 0 Å². The molecule has 0 saturated heterocycles. The van der Waals surface area contributed by atoms with Crippen LogP contribution in [0.5, 0.6) is 5.75 Å². The Morgan fingerprint density at radius 3 is 2.81 bits per heavy atom. The number of methoxy groups -OCH3 is 1. The largest absolute Gasteiger partial charge is 0.494 e. The molecule has 0 atom stereocenters. The first kappa shape index (κ1) is 10.7. The summed E-state index contributed by atoms with van der Waals surface area (Å²) in [4.78, 5) is 0. The highest BCUT2D eigenvalue weighted by molar-refractivity contribution is 5.59. The lowest BCUT2D eigenvalue weighted by atomic mass is 10.1. The van der Waals surface area contributed by atoms with Crippen molar-refractivity contribution in [2.75, 3.05) is 7.11 Å². The van der Waals surface area contributed by atoms with Crippen molar-refractivity contribution in [2.24, 2.45) is 0 Å². The summed E-state index contributed by atoms with van der Waals surface area (Å²) in [6.07, 6.45) is 0.807. The van der Waals surface area contributed by atoms with Gasteiger partial charge in [0.05, 0.1) is 12.8 Å². The number of ether oxygens (including phenoxy) is 1. The summed E-state index contributed by atoms with van der Waals surface area (Å²) in [5.41, 5.74) is 1.63. The van der Waals surface area contributed by atoms with Gasteiger partial charge >= 0.3 is 0 Å². The van der Waals surface area contributed by atoms with Gasteiger partial charge in [-0.1, -0.05) is 12.1 Å². The van der Waals surface area contributed by atoms with E-state index in [9.17, 15) is 4.39 Å². The molecular formula is C12H12FNO2. The van der Waals surface area contributed by atoms with Crippen molar-refractivity contribution >= 4 is 0 Å². The van der Waals surface area contributed by atoms with Crippen molar-refractivity contribution in [3.8, 4) is 17.1 Å². The van der Waals surface area contributed by atoms with Crippen molar-refractivity contribution in [2.45, 2.75) is 13.3 Å². The first-order chi connectivity index (χ1) is 7.74. The average Bonchev–Trinajstić information content (AvgIpc) is 2.78. The van der Waals surface area contributed by atoms with Gasteiger partial charge in [-0.15, -0.1) is 0 Å². The van der Waals surface area contributed by atoms with E-state index in [4.69, 9.17) is 9.26 Å². The van der Waals surface area contributed by atoms with Crippen LogP contribution in [0.15, 0.2) is 28.8 Å². The summed E-state index contributed by atoms with van der Waals surface area (Å²) in [5.74, 6) is 0.434. The second kappa shape index (κ2) is 4.35. The molecule has 0 fully saturated rings. The van der Waals surface area contributed by atoms with Crippen LogP contribution in [0.3, 0.4) is 0 Å². The number of rotatable bonds is 3. The van der Waals surface area contributed by atoms with Gasteiger partial charge in [-0.3, -0.25) is 0 Å². The number of benzene rings is 1. The summed E-state index contributed by atoms with van der Waals surface area (Å²) in [6, 6.07) is 6.42. The zero-order valence-corrected chi connectivity index (χ0v) is 9.16. The minimum atomic E-state index is -0.388. The Labute approximate surface area is 92.8 Å². The molecule has 16 heavy (non-hydrogen) atoms. The Morgan fingerprint density at radius 1 is 1.38 bits per heavy atom. The topological polar surface area (TPSA) is 35.3 Å². The van der Waals surface area contributed by atoms with Crippen LogP contribution in [-0.2, 0) is 6.42 Å². The number of halogens is 1. The molecule has 0 saturated carbocycles. The lowest BCUT2D eigenvalue weighted by molar-refractivity contribution is 0.386. The lowest BCUT2D eigenvalue weighted by Gasteiger charge is -2.02. The zero-order valence-electron chi connectivity index (χ0n) is 9.16. The molecule has 2 rings (SSSR count). The van der Waals surface area contributed by atoms with Gasteiger partial charge in [0.2, 0.25) is 0 Å². The lowest BCUT2D eigenvalue weighted by Crippen LogP contribution is -1.88. The highest BCUT2D eigenvalue weighted by Gasteiger charge is 2.09. The Bertz CT molecular complexity index is 494. The zero-order chi connectivity index (χ0) is 11.5. The quantitative estimate of drug-likeness (QED) is 0.799. The van der Waals surface area contributed by atoms with E-state index in [0.717, 1.165) is 17.7 Å².